The Kier molecular flexibility index (Phi) is 4.17. The van der Waals surface area contributed by atoms with Crippen LogP contribution < -0.4 is 5.43 Å². The molecule has 0 spiro atoms. The first-order valence-electron chi connectivity index (χ1n) is 7.36. The number of aryl methyl sites for hydroxylation is 3. The van der Waals surface area contributed by atoms with E-state index in [0.717, 1.165) is 15.9 Å². The van der Waals surface area contributed by atoms with Crippen LogP contribution in [0.1, 0.15) is 27.4 Å². The second kappa shape index (κ2) is 6.30. The molecule has 0 aliphatic heterocycles. The van der Waals surface area contributed by atoms with Crippen LogP contribution in [0.5, 0.6) is 0 Å². The van der Waals surface area contributed by atoms with Crippen LogP contribution in [0.15, 0.2) is 21.9 Å². The monoisotopic (exact) mass is 345 g/mol. The van der Waals surface area contributed by atoms with Gasteiger partial charge >= 0.3 is 0 Å². The van der Waals surface area contributed by atoms with Crippen molar-refractivity contribution in [1.82, 2.24) is 30.1 Å². The topological polar surface area (TPSA) is 103 Å². The molecule has 0 aliphatic carbocycles. The van der Waals surface area contributed by atoms with Gasteiger partial charge in [-0.25, -0.2) is 10.1 Å². The lowest BCUT2D eigenvalue weighted by Gasteiger charge is -1.95. The van der Waals surface area contributed by atoms with E-state index < -0.39 is 11.9 Å². The SMILES string of the molecule is Cc1nn(C)c(F)c1/C=N/NC(=O)c1cc(-c2cnn(C)c2C)on1. The van der Waals surface area contributed by atoms with Crippen molar-refractivity contribution in [3.05, 3.63) is 40.9 Å². The molecule has 25 heavy (non-hydrogen) atoms. The summed E-state index contributed by atoms with van der Waals surface area (Å²) in [4.78, 5) is 12.1. The summed E-state index contributed by atoms with van der Waals surface area (Å²) >= 11 is 0. The van der Waals surface area contributed by atoms with Crippen LogP contribution in [0.3, 0.4) is 0 Å². The first kappa shape index (κ1) is 16.6. The van der Waals surface area contributed by atoms with Crippen LogP contribution in [0.4, 0.5) is 4.39 Å². The third-order valence-corrected chi connectivity index (χ3v) is 3.80. The van der Waals surface area contributed by atoms with Crippen molar-refractivity contribution < 1.29 is 13.7 Å². The highest BCUT2D eigenvalue weighted by Crippen LogP contribution is 2.23. The molecule has 0 saturated carbocycles. The minimum atomic E-state index is -0.574. The minimum absolute atomic E-state index is 0.0544. The van der Waals surface area contributed by atoms with Crippen molar-refractivity contribution in [1.29, 1.82) is 0 Å². The Bertz CT molecular complexity index is 967. The molecule has 0 atom stereocenters. The van der Waals surface area contributed by atoms with Gasteiger partial charge in [-0.05, 0) is 13.8 Å². The van der Waals surface area contributed by atoms with E-state index >= 15 is 0 Å². The van der Waals surface area contributed by atoms with Crippen molar-refractivity contribution >= 4 is 12.1 Å². The molecule has 0 saturated heterocycles. The van der Waals surface area contributed by atoms with Crippen LogP contribution in [-0.4, -0.2) is 36.8 Å². The van der Waals surface area contributed by atoms with Gasteiger partial charge in [-0.15, -0.1) is 0 Å². The lowest BCUT2D eigenvalue weighted by molar-refractivity contribution is 0.0946. The minimum Gasteiger partial charge on any atom is -0.355 e. The number of rotatable bonds is 4. The highest BCUT2D eigenvalue weighted by molar-refractivity contribution is 5.94. The summed E-state index contributed by atoms with van der Waals surface area (Å²) in [6.45, 7) is 3.52. The summed E-state index contributed by atoms with van der Waals surface area (Å²) in [5, 5.41) is 15.5. The van der Waals surface area contributed by atoms with Crippen LogP contribution in [0, 0.1) is 19.8 Å². The molecule has 0 unspecified atom stereocenters. The number of amides is 1. The summed E-state index contributed by atoms with van der Waals surface area (Å²) in [6, 6.07) is 1.49. The zero-order valence-electron chi connectivity index (χ0n) is 14.1. The summed E-state index contributed by atoms with van der Waals surface area (Å²) in [6.07, 6.45) is 2.82. The van der Waals surface area contributed by atoms with Crippen molar-refractivity contribution in [3.63, 3.8) is 0 Å². The van der Waals surface area contributed by atoms with Crippen LogP contribution in [0.2, 0.25) is 0 Å². The smallest absolute Gasteiger partial charge is 0.293 e. The second-order valence-corrected chi connectivity index (χ2v) is 5.46. The molecule has 9 nitrogen and oxygen atoms in total. The van der Waals surface area contributed by atoms with Crippen molar-refractivity contribution in [2.45, 2.75) is 13.8 Å². The number of nitrogens with zero attached hydrogens (tertiary/aromatic N) is 6. The maximum atomic E-state index is 13.8. The van der Waals surface area contributed by atoms with E-state index in [1.165, 1.54) is 19.3 Å². The van der Waals surface area contributed by atoms with E-state index in [-0.39, 0.29) is 11.3 Å². The van der Waals surface area contributed by atoms with Gasteiger partial charge in [-0.3, -0.25) is 9.48 Å². The van der Waals surface area contributed by atoms with Crippen molar-refractivity contribution in [2.75, 3.05) is 0 Å². The standard InChI is InChI=1S/C15H16FN7O2/c1-8-10(14(16)23(4)20-8)6-17-19-15(24)12-5-13(25-21-12)11-7-18-22(3)9(11)2/h5-7H,1-4H3,(H,19,24)/b17-6+. The lowest BCUT2D eigenvalue weighted by atomic mass is 10.2. The molecule has 0 radical (unpaired) electrons. The summed E-state index contributed by atoms with van der Waals surface area (Å²) < 4.78 is 21.7. The molecule has 1 amide bonds. The van der Waals surface area contributed by atoms with E-state index in [2.05, 4.69) is 25.9 Å². The number of halogens is 1. The Morgan fingerprint density at radius 2 is 2.12 bits per heavy atom. The molecule has 3 heterocycles. The average Bonchev–Trinajstić information content (AvgIpc) is 3.24. The highest BCUT2D eigenvalue weighted by atomic mass is 19.1. The van der Waals surface area contributed by atoms with E-state index in [1.807, 2.05) is 6.92 Å². The molecular weight excluding hydrogens is 329 g/mol. The number of hydrazone groups is 1. The van der Waals surface area contributed by atoms with Gasteiger partial charge in [0.15, 0.2) is 11.5 Å². The number of hydrogen-bond donors (Lipinski definition) is 1. The Balaban J connectivity index is 1.72. The molecule has 3 aromatic heterocycles. The van der Waals surface area contributed by atoms with Crippen LogP contribution >= 0.6 is 0 Å². The molecule has 130 valence electrons. The van der Waals surface area contributed by atoms with Gasteiger partial charge in [-0.1, -0.05) is 5.16 Å². The van der Waals surface area contributed by atoms with Crippen LogP contribution in [-0.2, 0) is 14.1 Å². The van der Waals surface area contributed by atoms with Gasteiger partial charge in [0.1, 0.15) is 0 Å². The van der Waals surface area contributed by atoms with Crippen molar-refractivity contribution in [3.8, 4) is 11.3 Å². The Morgan fingerprint density at radius 1 is 1.36 bits per heavy atom. The van der Waals surface area contributed by atoms with E-state index in [4.69, 9.17) is 4.52 Å². The largest absolute Gasteiger partial charge is 0.355 e. The molecular formula is C15H16FN7O2. The number of hydrogen-bond acceptors (Lipinski definition) is 6. The summed E-state index contributed by atoms with van der Waals surface area (Å²) in [7, 11) is 3.28. The van der Waals surface area contributed by atoms with Gasteiger partial charge in [-0.2, -0.15) is 19.7 Å². The van der Waals surface area contributed by atoms with Gasteiger partial charge in [0.05, 0.1) is 29.2 Å². The predicted molar refractivity (Wildman–Crippen MR) is 86.4 cm³/mol. The number of carbonyl (C=O) groups is 1. The predicted octanol–water partition coefficient (Wildman–Crippen LogP) is 1.33. The van der Waals surface area contributed by atoms with Gasteiger partial charge in [0, 0.05) is 25.9 Å². The number of aromatic nitrogens is 5. The Hall–Kier alpha value is -3.30. The molecule has 0 aromatic carbocycles. The molecule has 10 heteroatoms. The first-order valence-corrected chi connectivity index (χ1v) is 7.36. The third kappa shape index (κ3) is 3.05. The molecule has 1 N–H and O–H groups in total. The van der Waals surface area contributed by atoms with Gasteiger partial charge in [0.25, 0.3) is 5.91 Å². The first-order chi connectivity index (χ1) is 11.9. The third-order valence-electron chi connectivity index (χ3n) is 3.80. The Morgan fingerprint density at radius 3 is 2.72 bits per heavy atom. The average molecular weight is 345 g/mol. The zero-order valence-corrected chi connectivity index (χ0v) is 14.1. The normalized spacial score (nSPS) is 11.4. The fourth-order valence-corrected chi connectivity index (χ4v) is 2.26. The second-order valence-electron chi connectivity index (χ2n) is 5.46. The lowest BCUT2D eigenvalue weighted by Crippen LogP contribution is -2.18. The summed E-state index contributed by atoms with van der Waals surface area (Å²) in [5.41, 5.74) is 4.62. The fourth-order valence-electron chi connectivity index (χ4n) is 2.26. The van der Waals surface area contributed by atoms with Crippen molar-refractivity contribution in [2.24, 2.45) is 19.2 Å². The number of carbonyl (C=O) groups excluding carboxylic acids is 1. The van der Waals surface area contributed by atoms with E-state index in [0.29, 0.717) is 11.5 Å². The van der Waals surface area contributed by atoms with Gasteiger partial charge in [0.2, 0.25) is 5.95 Å². The molecule has 0 fully saturated rings. The summed E-state index contributed by atoms with van der Waals surface area (Å²) in [5.74, 6) is -0.685. The van der Waals surface area contributed by atoms with E-state index in [1.54, 1.807) is 24.9 Å². The molecule has 0 bridgehead atoms. The fraction of sp³-hybridized carbons (Fsp3) is 0.267. The molecule has 3 rings (SSSR count). The maximum Gasteiger partial charge on any atom is 0.293 e. The number of nitrogens with one attached hydrogen (secondary N) is 1. The van der Waals surface area contributed by atoms with E-state index in [9.17, 15) is 9.18 Å². The van der Waals surface area contributed by atoms with Crippen LogP contribution in [0.25, 0.3) is 11.3 Å². The van der Waals surface area contributed by atoms with Gasteiger partial charge < -0.3 is 4.52 Å². The maximum absolute atomic E-state index is 13.8. The highest BCUT2D eigenvalue weighted by Gasteiger charge is 2.16. The molecule has 0 aliphatic rings. The quantitative estimate of drug-likeness (QED) is 0.567. The Labute approximate surface area is 142 Å². The zero-order chi connectivity index (χ0) is 18.1. The molecule has 3 aromatic rings.